The Bertz CT molecular complexity index is 863. The van der Waals surface area contributed by atoms with Crippen molar-refractivity contribution in [1.29, 1.82) is 0 Å². The average molecular weight is 370 g/mol. The molecular formula is C20H23FN4O2. The molecule has 5 N–H and O–H groups in total. The lowest BCUT2D eigenvalue weighted by Crippen LogP contribution is -2.37. The minimum atomic E-state index is -0.684. The molecule has 3 rings (SSSR count). The smallest absolute Gasteiger partial charge is 0.197 e. The van der Waals surface area contributed by atoms with Crippen LogP contribution in [0, 0.1) is 5.82 Å². The van der Waals surface area contributed by atoms with Crippen LogP contribution in [0.1, 0.15) is 31.8 Å². The van der Waals surface area contributed by atoms with Crippen LogP contribution >= 0.6 is 0 Å². The van der Waals surface area contributed by atoms with Crippen molar-refractivity contribution in [2.24, 2.45) is 11.5 Å². The van der Waals surface area contributed by atoms with Crippen LogP contribution in [0.15, 0.2) is 36.4 Å². The summed E-state index contributed by atoms with van der Waals surface area (Å²) in [5.74, 6) is -1.49. The number of nitrogens with two attached hydrogens (primary N) is 2. The van der Waals surface area contributed by atoms with Gasteiger partial charge in [0.2, 0.25) is 0 Å². The van der Waals surface area contributed by atoms with Gasteiger partial charge in [-0.2, -0.15) is 0 Å². The molecule has 0 fully saturated rings. The summed E-state index contributed by atoms with van der Waals surface area (Å²) in [6.07, 6.45) is 0. The molecule has 6 nitrogen and oxygen atoms in total. The standard InChI is InChI=1S/C20H23FN4O2/c21-15-5-6-16(24-9-12-25(10-7-22)11-8-23)18-17(15)19(26)13-3-1-2-4-14(13)20(18)27/h1-6,24H,7-12,22-23H2. The second kappa shape index (κ2) is 8.39. The molecule has 0 bridgehead atoms. The van der Waals surface area contributed by atoms with Crippen molar-refractivity contribution in [3.63, 3.8) is 0 Å². The molecule has 0 heterocycles. The first-order valence-electron chi connectivity index (χ1n) is 8.95. The van der Waals surface area contributed by atoms with Gasteiger partial charge in [-0.15, -0.1) is 0 Å². The maximum absolute atomic E-state index is 14.4. The zero-order valence-electron chi connectivity index (χ0n) is 15.0. The summed E-state index contributed by atoms with van der Waals surface area (Å²) >= 11 is 0. The van der Waals surface area contributed by atoms with E-state index in [1.807, 2.05) is 0 Å². The van der Waals surface area contributed by atoms with Crippen LogP contribution in [-0.4, -0.2) is 55.7 Å². The Morgan fingerprint density at radius 3 is 2.04 bits per heavy atom. The Kier molecular flexibility index (Phi) is 5.95. The summed E-state index contributed by atoms with van der Waals surface area (Å²) in [5, 5.41) is 3.17. The van der Waals surface area contributed by atoms with Gasteiger partial charge in [-0.3, -0.25) is 14.5 Å². The molecule has 0 saturated carbocycles. The number of halogens is 1. The molecule has 0 atom stereocenters. The lowest BCUT2D eigenvalue weighted by molar-refractivity contribution is 0.0976. The van der Waals surface area contributed by atoms with Crippen LogP contribution in [0.25, 0.3) is 0 Å². The van der Waals surface area contributed by atoms with Gasteiger partial charge in [-0.1, -0.05) is 24.3 Å². The Labute approximate surface area is 157 Å². The summed E-state index contributed by atoms with van der Waals surface area (Å²) in [4.78, 5) is 27.8. The Hall–Kier alpha value is -2.61. The Balaban J connectivity index is 1.87. The number of carbonyl (C=O) groups excluding carboxylic acids is 2. The SMILES string of the molecule is NCCN(CCN)CCNc1ccc(F)c2c1C(=O)c1ccccc1C2=O. The van der Waals surface area contributed by atoms with Gasteiger partial charge in [-0.05, 0) is 12.1 Å². The summed E-state index contributed by atoms with van der Waals surface area (Å²) in [6, 6.07) is 9.23. The first kappa shape index (κ1) is 19.2. The molecular weight excluding hydrogens is 347 g/mol. The van der Waals surface area contributed by atoms with E-state index in [1.165, 1.54) is 12.1 Å². The first-order chi connectivity index (χ1) is 13.1. The zero-order valence-corrected chi connectivity index (χ0v) is 15.0. The number of hydrogen-bond donors (Lipinski definition) is 3. The largest absolute Gasteiger partial charge is 0.383 e. The first-order valence-corrected chi connectivity index (χ1v) is 8.95. The van der Waals surface area contributed by atoms with E-state index in [1.54, 1.807) is 24.3 Å². The van der Waals surface area contributed by atoms with Gasteiger partial charge in [0.15, 0.2) is 11.6 Å². The normalized spacial score (nSPS) is 12.9. The fourth-order valence-corrected chi connectivity index (χ4v) is 3.38. The number of carbonyl (C=O) groups is 2. The van der Waals surface area contributed by atoms with E-state index in [0.29, 0.717) is 50.5 Å². The van der Waals surface area contributed by atoms with Crippen LogP contribution in [0.5, 0.6) is 0 Å². The quantitative estimate of drug-likeness (QED) is 0.551. The number of fused-ring (bicyclic) bond motifs is 2. The van der Waals surface area contributed by atoms with Crippen molar-refractivity contribution in [2.45, 2.75) is 0 Å². The molecule has 0 amide bonds. The lowest BCUT2D eigenvalue weighted by Gasteiger charge is -2.23. The molecule has 0 unspecified atom stereocenters. The Morgan fingerprint density at radius 1 is 0.852 bits per heavy atom. The van der Waals surface area contributed by atoms with Gasteiger partial charge < -0.3 is 16.8 Å². The molecule has 0 aliphatic heterocycles. The van der Waals surface area contributed by atoms with E-state index >= 15 is 0 Å². The van der Waals surface area contributed by atoms with E-state index in [2.05, 4.69) is 10.2 Å². The lowest BCUT2D eigenvalue weighted by atomic mass is 9.83. The highest BCUT2D eigenvalue weighted by atomic mass is 19.1. The maximum Gasteiger partial charge on any atom is 0.197 e. The van der Waals surface area contributed by atoms with E-state index < -0.39 is 11.6 Å². The highest BCUT2D eigenvalue weighted by Gasteiger charge is 2.33. The third-order valence-electron chi connectivity index (χ3n) is 4.66. The summed E-state index contributed by atoms with van der Waals surface area (Å²) in [7, 11) is 0. The van der Waals surface area contributed by atoms with Crippen LogP contribution in [0.2, 0.25) is 0 Å². The third-order valence-corrected chi connectivity index (χ3v) is 4.66. The second-order valence-electron chi connectivity index (χ2n) is 6.39. The zero-order chi connectivity index (χ0) is 19.4. The molecule has 0 aromatic heterocycles. The minimum absolute atomic E-state index is 0.0999. The molecule has 7 heteroatoms. The number of anilines is 1. The molecule has 2 aromatic rings. The number of nitrogens with one attached hydrogen (secondary N) is 1. The van der Waals surface area contributed by atoms with Crippen LogP contribution < -0.4 is 16.8 Å². The molecule has 1 aliphatic rings. The molecule has 27 heavy (non-hydrogen) atoms. The van der Waals surface area contributed by atoms with E-state index in [-0.39, 0.29) is 22.5 Å². The van der Waals surface area contributed by atoms with Gasteiger partial charge in [0.05, 0.1) is 11.1 Å². The third kappa shape index (κ3) is 3.75. The van der Waals surface area contributed by atoms with Gasteiger partial charge in [0.1, 0.15) is 5.82 Å². The number of benzene rings is 2. The van der Waals surface area contributed by atoms with Gasteiger partial charge in [0.25, 0.3) is 0 Å². The van der Waals surface area contributed by atoms with Gasteiger partial charge in [-0.25, -0.2) is 4.39 Å². The second-order valence-corrected chi connectivity index (χ2v) is 6.39. The van der Waals surface area contributed by atoms with Crippen molar-refractivity contribution >= 4 is 17.3 Å². The van der Waals surface area contributed by atoms with E-state index in [4.69, 9.17) is 11.5 Å². The minimum Gasteiger partial charge on any atom is -0.383 e. The molecule has 1 aliphatic carbocycles. The molecule has 2 aromatic carbocycles. The molecule has 0 saturated heterocycles. The summed E-state index contributed by atoms with van der Waals surface area (Å²) in [5.41, 5.74) is 12.1. The molecule has 0 spiro atoms. The fraction of sp³-hybridized carbons (Fsp3) is 0.300. The van der Waals surface area contributed by atoms with E-state index in [9.17, 15) is 14.0 Å². The van der Waals surface area contributed by atoms with Crippen LogP contribution in [0.3, 0.4) is 0 Å². The topological polar surface area (TPSA) is 101 Å². The predicted octanol–water partition coefficient (Wildman–Crippen LogP) is 1.23. The van der Waals surface area contributed by atoms with Crippen molar-refractivity contribution in [3.8, 4) is 0 Å². The number of hydrogen-bond acceptors (Lipinski definition) is 6. The van der Waals surface area contributed by atoms with Crippen molar-refractivity contribution in [1.82, 2.24) is 4.90 Å². The highest BCUT2D eigenvalue weighted by Crippen LogP contribution is 2.33. The van der Waals surface area contributed by atoms with Crippen molar-refractivity contribution < 1.29 is 14.0 Å². The molecule has 142 valence electrons. The number of rotatable bonds is 8. The monoisotopic (exact) mass is 370 g/mol. The predicted molar refractivity (Wildman–Crippen MR) is 103 cm³/mol. The average Bonchev–Trinajstić information content (AvgIpc) is 2.67. The fourth-order valence-electron chi connectivity index (χ4n) is 3.38. The molecule has 0 radical (unpaired) electrons. The van der Waals surface area contributed by atoms with Crippen molar-refractivity contribution in [3.05, 3.63) is 64.5 Å². The maximum atomic E-state index is 14.4. The van der Waals surface area contributed by atoms with E-state index in [0.717, 1.165) is 0 Å². The number of nitrogens with zero attached hydrogens (tertiary/aromatic N) is 1. The summed E-state index contributed by atoms with van der Waals surface area (Å²) in [6.45, 7) is 3.66. The van der Waals surface area contributed by atoms with Gasteiger partial charge in [0, 0.05) is 56.1 Å². The summed E-state index contributed by atoms with van der Waals surface area (Å²) < 4.78 is 14.4. The van der Waals surface area contributed by atoms with Crippen molar-refractivity contribution in [2.75, 3.05) is 44.6 Å². The van der Waals surface area contributed by atoms with Gasteiger partial charge >= 0.3 is 0 Å². The highest BCUT2D eigenvalue weighted by molar-refractivity contribution is 6.30. The number of ketones is 2. The Morgan fingerprint density at radius 2 is 1.44 bits per heavy atom. The van der Waals surface area contributed by atoms with Crippen LogP contribution in [0.4, 0.5) is 10.1 Å². The van der Waals surface area contributed by atoms with Crippen LogP contribution in [-0.2, 0) is 0 Å².